The Hall–Kier alpha value is -0.780. The van der Waals surface area contributed by atoms with Gasteiger partial charge >= 0.3 is 0 Å². The fourth-order valence-corrected chi connectivity index (χ4v) is 2.02. The third-order valence-electron chi connectivity index (χ3n) is 2.18. The van der Waals surface area contributed by atoms with E-state index in [0.29, 0.717) is 0 Å². The summed E-state index contributed by atoms with van der Waals surface area (Å²) < 4.78 is 1.11. The summed E-state index contributed by atoms with van der Waals surface area (Å²) in [6.07, 6.45) is 0.885. The Balaban J connectivity index is 2.13. The molecular weight excluding hydrogens is 289 g/mol. The Bertz CT molecular complexity index is 374. The van der Waals surface area contributed by atoms with Gasteiger partial charge in [-0.3, -0.25) is 4.99 Å². The molecule has 0 saturated carbocycles. The Labute approximate surface area is 96.9 Å². The van der Waals surface area contributed by atoms with Gasteiger partial charge in [0.05, 0.1) is 6.54 Å². The van der Waals surface area contributed by atoms with Crippen molar-refractivity contribution in [1.82, 2.24) is 5.32 Å². The number of anilines is 1. The van der Waals surface area contributed by atoms with E-state index in [2.05, 4.69) is 45.0 Å². The van der Waals surface area contributed by atoms with Crippen molar-refractivity contribution in [2.75, 3.05) is 18.8 Å². The lowest BCUT2D eigenvalue weighted by molar-refractivity contribution is 0.953. The molecule has 0 bridgehead atoms. The standard InChI is InChI=1S/C10H12IN3/c11-8-5-7(1-2-9(8)12)6-10-13-3-4-14-10/h1-2,5H,3-4,6,12H2,(H,13,14). The first kappa shape index (κ1) is 9.76. The number of nitrogen functional groups attached to an aromatic ring is 1. The molecule has 1 heterocycles. The van der Waals surface area contributed by atoms with Gasteiger partial charge in [0.25, 0.3) is 0 Å². The van der Waals surface area contributed by atoms with Gasteiger partial charge in [-0.05, 0) is 40.3 Å². The molecule has 0 aliphatic carbocycles. The second kappa shape index (κ2) is 4.16. The number of nitrogens with zero attached hydrogens (tertiary/aromatic N) is 1. The van der Waals surface area contributed by atoms with Crippen LogP contribution in [0.5, 0.6) is 0 Å². The number of nitrogens with one attached hydrogen (secondary N) is 1. The van der Waals surface area contributed by atoms with Crippen molar-refractivity contribution in [2.45, 2.75) is 6.42 Å². The van der Waals surface area contributed by atoms with E-state index < -0.39 is 0 Å². The third-order valence-corrected chi connectivity index (χ3v) is 3.11. The van der Waals surface area contributed by atoms with E-state index in [1.165, 1.54) is 5.56 Å². The van der Waals surface area contributed by atoms with Crippen molar-refractivity contribution in [1.29, 1.82) is 0 Å². The summed E-state index contributed by atoms with van der Waals surface area (Å²) in [7, 11) is 0. The average molecular weight is 301 g/mol. The minimum atomic E-state index is 0.843. The molecule has 0 fully saturated rings. The van der Waals surface area contributed by atoms with Gasteiger partial charge in [0, 0.05) is 22.2 Å². The van der Waals surface area contributed by atoms with E-state index in [4.69, 9.17) is 5.73 Å². The molecule has 4 heteroatoms. The highest BCUT2D eigenvalue weighted by Crippen LogP contribution is 2.16. The van der Waals surface area contributed by atoms with Crippen LogP contribution in [0.2, 0.25) is 0 Å². The summed E-state index contributed by atoms with van der Waals surface area (Å²) in [6, 6.07) is 6.12. The molecule has 0 saturated heterocycles. The van der Waals surface area contributed by atoms with E-state index in [-0.39, 0.29) is 0 Å². The summed E-state index contributed by atoms with van der Waals surface area (Å²) >= 11 is 2.25. The molecule has 1 aliphatic rings. The smallest absolute Gasteiger partial charge is 0.101 e. The molecule has 1 aromatic carbocycles. The van der Waals surface area contributed by atoms with E-state index in [9.17, 15) is 0 Å². The molecule has 0 aromatic heterocycles. The van der Waals surface area contributed by atoms with Crippen LogP contribution in [-0.2, 0) is 6.42 Å². The first-order chi connectivity index (χ1) is 6.75. The van der Waals surface area contributed by atoms with Crippen LogP contribution in [0.25, 0.3) is 0 Å². The zero-order valence-corrected chi connectivity index (χ0v) is 9.91. The van der Waals surface area contributed by atoms with Gasteiger partial charge in [-0.1, -0.05) is 6.07 Å². The van der Waals surface area contributed by atoms with Gasteiger partial charge in [-0.15, -0.1) is 0 Å². The van der Waals surface area contributed by atoms with E-state index in [1.807, 2.05) is 6.07 Å². The minimum Gasteiger partial charge on any atom is -0.398 e. The molecular formula is C10H12IN3. The highest BCUT2D eigenvalue weighted by molar-refractivity contribution is 14.1. The van der Waals surface area contributed by atoms with Crippen LogP contribution < -0.4 is 11.1 Å². The predicted molar refractivity (Wildman–Crippen MR) is 67.6 cm³/mol. The third kappa shape index (κ3) is 2.17. The molecule has 74 valence electrons. The van der Waals surface area contributed by atoms with Gasteiger partial charge in [0.1, 0.15) is 5.84 Å². The molecule has 0 amide bonds. The molecule has 1 aliphatic heterocycles. The SMILES string of the molecule is Nc1ccc(CC2=NCCN2)cc1I. The number of benzene rings is 1. The number of nitrogens with two attached hydrogens (primary N) is 1. The van der Waals surface area contributed by atoms with Crippen molar-refractivity contribution >= 4 is 34.1 Å². The van der Waals surface area contributed by atoms with Crippen LogP contribution in [0.1, 0.15) is 5.56 Å². The van der Waals surface area contributed by atoms with Crippen LogP contribution >= 0.6 is 22.6 Å². The van der Waals surface area contributed by atoms with Crippen LogP contribution in [0, 0.1) is 3.57 Å². The molecule has 1 aromatic rings. The van der Waals surface area contributed by atoms with Crippen molar-refractivity contribution in [3.63, 3.8) is 0 Å². The van der Waals surface area contributed by atoms with Crippen molar-refractivity contribution < 1.29 is 0 Å². The fraction of sp³-hybridized carbons (Fsp3) is 0.300. The average Bonchev–Trinajstić information content (AvgIpc) is 2.64. The second-order valence-corrected chi connectivity index (χ2v) is 4.45. The maximum absolute atomic E-state index is 5.74. The van der Waals surface area contributed by atoms with Crippen LogP contribution in [0.4, 0.5) is 5.69 Å². The lowest BCUT2D eigenvalue weighted by Gasteiger charge is -2.04. The van der Waals surface area contributed by atoms with Crippen molar-refractivity contribution in [2.24, 2.45) is 4.99 Å². The van der Waals surface area contributed by atoms with E-state index >= 15 is 0 Å². The molecule has 0 atom stereocenters. The number of rotatable bonds is 2. The van der Waals surface area contributed by atoms with Gasteiger partial charge in [0.2, 0.25) is 0 Å². The summed E-state index contributed by atoms with van der Waals surface area (Å²) in [4.78, 5) is 4.35. The van der Waals surface area contributed by atoms with Gasteiger partial charge in [-0.25, -0.2) is 0 Å². The number of amidine groups is 1. The Morgan fingerprint density at radius 1 is 1.50 bits per heavy atom. The molecule has 3 nitrogen and oxygen atoms in total. The largest absolute Gasteiger partial charge is 0.398 e. The van der Waals surface area contributed by atoms with E-state index in [1.54, 1.807) is 0 Å². The second-order valence-electron chi connectivity index (χ2n) is 3.29. The summed E-state index contributed by atoms with van der Waals surface area (Å²) in [5.74, 6) is 1.09. The molecule has 14 heavy (non-hydrogen) atoms. The summed E-state index contributed by atoms with van der Waals surface area (Å²) in [5.41, 5.74) is 7.85. The van der Waals surface area contributed by atoms with Gasteiger partial charge in [-0.2, -0.15) is 0 Å². The monoisotopic (exact) mass is 301 g/mol. The zero-order chi connectivity index (χ0) is 9.97. The van der Waals surface area contributed by atoms with Crippen molar-refractivity contribution in [3.8, 4) is 0 Å². The molecule has 0 spiro atoms. The van der Waals surface area contributed by atoms with Crippen molar-refractivity contribution in [3.05, 3.63) is 27.3 Å². The van der Waals surface area contributed by atoms with Gasteiger partial charge in [0.15, 0.2) is 0 Å². The number of halogens is 1. The molecule has 2 rings (SSSR count). The maximum atomic E-state index is 5.74. The van der Waals surface area contributed by atoms with Crippen LogP contribution in [-0.4, -0.2) is 18.9 Å². The first-order valence-electron chi connectivity index (χ1n) is 4.57. The number of aliphatic imine (C=N–C) groups is 1. The van der Waals surface area contributed by atoms with Crippen LogP contribution in [0.3, 0.4) is 0 Å². The highest BCUT2D eigenvalue weighted by atomic mass is 127. The summed E-state index contributed by atoms with van der Waals surface area (Å²) in [6.45, 7) is 1.88. The lowest BCUT2D eigenvalue weighted by Crippen LogP contribution is -2.20. The normalized spacial score (nSPS) is 15.1. The Morgan fingerprint density at radius 2 is 2.36 bits per heavy atom. The molecule has 0 unspecified atom stereocenters. The first-order valence-corrected chi connectivity index (χ1v) is 5.64. The maximum Gasteiger partial charge on any atom is 0.101 e. The zero-order valence-electron chi connectivity index (χ0n) is 7.76. The summed E-state index contributed by atoms with van der Waals surface area (Å²) in [5, 5.41) is 3.26. The van der Waals surface area contributed by atoms with Crippen LogP contribution in [0.15, 0.2) is 23.2 Å². The number of hydrogen-bond acceptors (Lipinski definition) is 3. The molecule has 0 radical (unpaired) electrons. The van der Waals surface area contributed by atoms with Gasteiger partial charge < -0.3 is 11.1 Å². The fourth-order valence-electron chi connectivity index (χ4n) is 1.44. The van der Waals surface area contributed by atoms with E-state index in [0.717, 1.165) is 34.6 Å². The predicted octanol–water partition coefficient (Wildman–Crippen LogP) is 1.42. The topological polar surface area (TPSA) is 50.4 Å². The minimum absolute atomic E-state index is 0.843. The molecule has 3 N–H and O–H groups in total. The highest BCUT2D eigenvalue weighted by Gasteiger charge is 2.06. The number of hydrogen-bond donors (Lipinski definition) is 2. The lowest BCUT2D eigenvalue weighted by atomic mass is 10.1. The Kier molecular flexibility index (Phi) is 2.90. The Morgan fingerprint density at radius 3 is 3.00 bits per heavy atom. The quantitative estimate of drug-likeness (QED) is 0.641.